The van der Waals surface area contributed by atoms with E-state index in [0.717, 1.165) is 16.1 Å². The fraction of sp³-hybridized carbons (Fsp3) is 0.462. The molecule has 0 fully saturated rings. The number of hydrogen-bond donors (Lipinski definition) is 1. The summed E-state index contributed by atoms with van der Waals surface area (Å²) in [5.74, 6) is -0.200. The Morgan fingerprint density at radius 3 is 2.25 bits per heavy atom. The number of carbonyl (C=O) groups is 2. The molecule has 2 rings (SSSR count). The van der Waals surface area contributed by atoms with E-state index in [1.54, 1.807) is 55.5 Å². The van der Waals surface area contributed by atoms with Crippen LogP contribution in [-0.2, 0) is 26.2 Å². The Morgan fingerprint density at radius 1 is 1.06 bits per heavy atom. The number of hydrogen-bond acceptors (Lipinski definition) is 5. The highest BCUT2D eigenvalue weighted by molar-refractivity contribution is 7.92. The van der Waals surface area contributed by atoms with Crippen LogP contribution in [0.3, 0.4) is 0 Å². The predicted octanol–water partition coefficient (Wildman–Crippen LogP) is 4.08. The van der Waals surface area contributed by atoms with Gasteiger partial charge in [-0.1, -0.05) is 56.6 Å². The fourth-order valence-electron chi connectivity index (χ4n) is 3.66. The van der Waals surface area contributed by atoms with Gasteiger partial charge in [0.1, 0.15) is 18.3 Å². The third kappa shape index (κ3) is 8.41. The van der Waals surface area contributed by atoms with Crippen molar-refractivity contribution < 1.29 is 22.7 Å². The van der Waals surface area contributed by atoms with Crippen molar-refractivity contribution in [2.75, 3.05) is 30.3 Å². The summed E-state index contributed by atoms with van der Waals surface area (Å²) in [7, 11) is -3.85. The Hall–Kier alpha value is -2.78. The first kappa shape index (κ1) is 29.5. The minimum Gasteiger partial charge on any atom is -0.492 e. The van der Waals surface area contributed by atoms with Crippen LogP contribution in [0.5, 0.6) is 5.75 Å². The molecule has 0 aliphatic carbocycles. The van der Waals surface area contributed by atoms with Crippen molar-refractivity contribution in [2.45, 2.75) is 46.7 Å². The third-order valence-electron chi connectivity index (χ3n) is 5.45. The van der Waals surface area contributed by atoms with Crippen LogP contribution in [0.15, 0.2) is 48.5 Å². The van der Waals surface area contributed by atoms with Crippen molar-refractivity contribution in [3.8, 4) is 5.75 Å². The lowest BCUT2D eigenvalue weighted by molar-refractivity contribution is -0.140. The minimum atomic E-state index is -3.85. The summed E-state index contributed by atoms with van der Waals surface area (Å²) < 4.78 is 32.2. The van der Waals surface area contributed by atoms with Crippen molar-refractivity contribution >= 4 is 39.1 Å². The molecule has 0 unspecified atom stereocenters. The van der Waals surface area contributed by atoms with Gasteiger partial charge in [-0.3, -0.25) is 13.9 Å². The molecule has 0 aromatic heterocycles. The second kappa shape index (κ2) is 13.5. The largest absolute Gasteiger partial charge is 0.492 e. The maximum Gasteiger partial charge on any atom is 0.244 e. The summed E-state index contributed by atoms with van der Waals surface area (Å²) in [5, 5.41) is 3.45. The molecule has 0 aliphatic rings. The highest BCUT2D eigenvalue weighted by atomic mass is 35.5. The summed E-state index contributed by atoms with van der Waals surface area (Å²) >= 11 is 6.02. The molecule has 0 spiro atoms. The Balaban J connectivity index is 2.45. The zero-order valence-corrected chi connectivity index (χ0v) is 23.1. The molecule has 198 valence electrons. The zero-order chi connectivity index (χ0) is 26.9. The summed E-state index contributed by atoms with van der Waals surface area (Å²) in [5.41, 5.74) is 1.03. The second-order valence-corrected chi connectivity index (χ2v) is 11.2. The van der Waals surface area contributed by atoms with Crippen molar-refractivity contribution in [2.24, 2.45) is 5.92 Å². The van der Waals surface area contributed by atoms with Crippen LogP contribution in [0.2, 0.25) is 5.02 Å². The molecule has 0 saturated carbocycles. The van der Waals surface area contributed by atoms with E-state index in [1.165, 1.54) is 4.90 Å². The van der Waals surface area contributed by atoms with Gasteiger partial charge in [0.25, 0.3) is 0 Å². The maximum absolute atomic E-state index is 13.7. The van der Waals surface area contributed by atoms with Crippen molar-refractivity contribution in [3.05, 3.63) is 59.1 Å². The number of sulfonamides is 1. The quantitative estimate of drug-likeness (QED) is 0.415. The number of nitrogens with one attached hydrogen (secondary N) is 1. The van der Waals surface area contributed by atoms with E-state index >= 15 is 0 Å². The molecule has 0 aliphatic heterocycles. The first-order valence-electron chi connectivity index (χ1n) is 12.0. The lowest BCUT2D eigenvalue weighted by Crippen LogP contribution is -2.52. The minimum absolute atomic E-state index is 0.119. The molecule has 2 aromatic rings. The first-order chi connectivity index (χ1) is 17.0. The highest BCUT2D eigenvalue weighted by Crippen LogP contribution is 2.30. The lowest BCUT2D eigenvalue weighted by atomic mass is 10.1. The van der Waals surface area contributed by atoms with E-state index in [0.29, 0.717) is 30.3 Å². The molecule has 0 heterocycles. The summed E-state index contributed by atoms with van der Waals surface area (Å²) in [4.78, 5) is 28.2. The van der Waals surface area contributed by atoms with Crippen molar-refractivity contribution in [1.82, 2.24) is 10.2 Å². The number of anilines is 1. The van der Waals surface area contributed by atoms with Gasteiger partial charge < -0.3 is 15.0 Å². The average Bonchev–Trinajstić information content (AvgIpc) is 2.82. The normalized spacial score (nSPS) is 12.2. The molecule has 8 nitrogen and oxygen atoms in total. The number of ether oxygens (including phenoxy) is 1. The van der Waals surface area contributed by atoms with Crippen molar-refractivity contribution in [1.29, 1.82) is 0 Å². The Bertz CT molecular complexity index is 1120. The summed E-state index contributed by atoms with van der Waals surface area (Å²) in [6, 6.07) is 12.9. The number of nitrogens with zero attached hydrogens (tertiary/aromatic N) is 2. The second-order valence-electron chi connectivity index (χ2n) is 8.88. The van der Waals surface area contributed by atoms with Gasteiger partial charge >= 0.3 is 0 Å². The summed E-state index contributed by atoms with van der Waals surface area (Å²) in [6.07, 6.45) is 1.40. The smallest absolute Gasteiger partial charge is 0.244 e. The van der Waals surface area contributed by atoms with E-state index < -0.39 is 28.5 Å². The molecule has 36 heavy (non-hydrogen) atoms. The number of benzene rings is 2. The van der Waals surface area contributed by atoms with Gasteiger partial charge in [0, 0.05) is 18.1 Å². The van der Waals surface area contributed by atoms with Crippen LogP contribution < -0.4 is 14.4 Å². The molecule has 1 atom stereocenters. The molecular weight excluding hydrogens is 502 g/mol. The Labute approximate surface area is 219 Å². The molecular formula is C26H36ClN3O5S. The number of carbonyl (C=O) groups excluding carboxylic acids is 2. The highest BCUT2D eigenvalue weighted by Gasteiger charge is 2.32. The number of para-hydroxylation sites is 2. The standard InChI is InChI=1S/C26H36ClN3O5S/c1-6-22(26(32)28-16-19(3)4)29(17-20-12-14-21(27)15-13-20)25(31)18-30(36(5,33)34)23-10-8-9-11-24(23)35-7-2/h8-15,19,22H,6-7,16-18H2,1-5H3,(H,28,32)/t22-/m1/s1. The van der Waals surface area contributed by atoms with E-state index in [4.69, 9.17) is 16.3 Å². The van der Waals surface area contributed by atoms with Crippen molar-refractivity contribution in [3.63, 3.8) is 0 Å². The van der Waals surface area contributed by atoms with Crippen LogP contribution in [0.4, 0.5) is 5.69 Å². The lowest BCUT2D eigenvalue weighted by Gasteiger charge is -2.33. The zero-order valence-electron chi connectivity index (χ0n) is 21.5. The van der Waals surface area contributed by atoms with E-state index in [1.807, 2.05) is 20.8 Å². The fourth-order valence-corrected chi connectivity index (χ4v) is 4.64. The number of halogens is 1. The van der Waals surface area contributed by atoms with Crippen LogP contribution in [0.25, 0.3) is 0 Å². The van der Waals surface area contributed by atoms with Crippen LogP contribution in [0, 0.1) is 5.92 Å². The van der Waals surface area contributed by atoms with Crippen LogP contribution in [-0.4, -0.2) is 57.1 Å². The van der Waals surface area contributed by atoms with Gasteiger partial charge in [-0.2, -0.15) is 0 Å². The van der Waals surface area contributed by atoms with Crippen LogP contribution in [0.1, 0.15) is 39.7 Å². The average molecular weight is 538 g/mol. The Morgan fingerprint density at radius 2 is 1.69 bits per heavy atom. The van der Waals surface area contributed by atoms with Gasteiger partial charge in [0.2, 0.25) is 21.8 Å². The molecule has 1 N–H and O–H groups in total. The first-order valence-corrected chi connectivity index (χ1v) is 14.2. The summed E-state index contributed by atoms with van der Waals surface area (Å²) in [6.45, 7) is 8.02. The topological polar surface area (TPSA) is 96.0 Å². The molecule has 0 radical (unpaired) electrons. The van der Waals surface area contributed by atoms with Gasteiger partial charge in [0.05, 0.1) is 18.6 Å². The molecule has 10 heteroatoms. The van der Waals surface area contributed by atoms with E-state index in [9.17, 15) is 18.0 Å². The number of amides is 2. The number of rotatable bonds is 13. The van der Waals surface area contributed by atoms with Gasteiger partial charge in [-0.25, -0.2) is 8.42 Å². The Kier molecular flexibility index (Phi) is 11.0. The molecule has 2 aromatic carbocycles. The SMILES string of the molecule is CCOc1ccccc1N(CC(=O)N(Cc1ccc(Cl)cc1)[C@H](CC)C(=O)NCC(C)C)S(C)(=O)=O. The van der Waals surface area contributed by atoms with Gasteiger partial charge in [-0.05, 0) is 49.1 Å². The van der Waals surface area contributed by atoms with E-state index in [2.05, 4.69) is 5.32 Å². The van der Waals surface area contributed by atoms with Gasteiger partial charge in [-0.15, -0.1) is 0 Å². The molecule has 0 bridgehead atoms. The predicted molar refractivity (Wildman–Crippen MR) is 144 cm³/mol. The molecule has 0 saturated heterocycles. The molecule has 2 amide bonds. The monoisotopic (exact) mass is 537 g/mol. The van der Waals surface area contributed by atoms with Crippen LogP contribution >= 0.6 is 11.6 Å². The maximum atomic E-state index is 13.7. The third-order valence-corrected chi connectivity index (χ3v) is 6.83. The van der Waals surface area contributed by atoms with Gasteiger partial charge in [0.15, 0.2) is 0 Å². The van der Waals surface area contributed by atoms with E-state index in [-0.39, 0.29) is 24.1 Å².